The van der Waals surface area contributed by atoms with Crippen molar-refractivity contribution in [2.75, 3.05) is 5.32 Å². The first-order valence-electron chi connectivity index (χ1n) is 15.1. The number of aromatic carboxylic acids is 2. The Morgan fingerprint density at radius 3 is 2.19 bits per heavy atom. The number of ether oxygens (including phenoxy) is 1. The fourth-order valence-corrected chi connectivity index (χ4v) is 6.27. The molecule has 1 aromatic heterocycles. The van der Waals surface area contributed by atoms with Crippen LogP contribution in [0.3, 0.4) is 0 Å². The van der Waals surface area contributed by atoms with Crippen LogP contribution in [0.4, 0.5) is 5.82 Å². The number of hydrogen-bond donors (Lipinski definition) is 3. The third kappa shape index (κ3) is 8.47. The summed E-state index contributed by atoms with van der Waals surface area (Å²) in [4.78, 5) is 70.8. The zero-order valence-electron chi connectivity index (χ0n) is 27.3. The third-order valence-electron chi connectivity index (χ3n) is 8.55. The van der Waals surface area contributed by atoms with Crippen LogP contribution in [0.15, 0.2) is 40.0 Å². The predicted octanol–water partition coefficient (Wildman–Crippen LogP) is 3.32. The number of carbonyl (C=O) groups is 5. The van der Waals surface area contributed by atoms with Crippen LogP contribution < -0.4 is 20.7 Å². The van der Waals surface area contributed by atoms with Gasteiger partial charge in [-0.25, -0.2) is 14.6 Å². The molecule has 2 atom stereocenters. The summed E-state index contributed by atoms with van der Waals surface area (Å²) in [5.74, 6) is -3.43. The van der Waals surface area contributed by atoms with Crippen LogP contribution in [0, 0.1) is 31.6 Å². The van der Waals surface area contributed by atoms with Crippen molar-refractivity contribution in [3.63, 3.8) is 0 Å². The van der Waals surface area contributed by atoms with Crippen molar-refractivity contribution in [2.24, 2.45) is 22.7 Å². The molecule has 3 N–H and O–H groups in total. The number of nitrogens with one attached hydrogen (secondary N) is 2. The summed E-state index contributed by atoms with van der Waals surface area (Å²) < 4.78 is 6.07. The van der Waals surface area contributed by atoms with Crippen molar-refractivity contribution in [3.05, 3.63) is 68.6 Å². The SMILES string of the molecule is CC(=O)Nc1[n-]c(/C=C2\N=C(NC(=O)Cc3cc(C(=O)[O-])cc(C(=O)O)c3)C(C(=O)OC3C(C)CC(C)CC3C)=C2C)c(C)c1C.[Fe]. The van der Waals surface area contributed by atoms with E-state index < -0.39 is 30.2 Å². The van der Waals surface area contributed by atoms with Crippen molar-refractivity contribution in [1.82, 2.24) is 10.3 Å². The van der Waals surface area contributed by atoms with Gasteiger partial charge in [0.2, 0.25) is 5.91 Å². The van der Waals surface area contributed by atoms with Gasteiger partial charge in [-0.2, -0.15) is 0 Å². The molecule has 252 valence electrons. The van der Waals surface area contributed by atoms with E-state index in [9.17, 15) is 34.2 Å². The van der Waals surface area contributed by atoms with Crippen LogP contribution in [0.1, 0.15) is 90.6 Å². The summed E-state index contributed by atoms with van der Waals surface area (Å²) in [6.45, 7) is 13.0. The molecule has 4 rings (SSSR count). The molecule has 2 unspecified atom stereocenters. The number of nitrogens with zero attached hydrogens (tertiary/aromatic N) is 2. The number of aromatic nitrogens is 1. The van der Waals surface area contributed by atoms with E-state index in [2.05, 4.69) is 27.5 Å². The summed E-state index contributed by atoms with van der Waals surface area (Å²) in [5.41, 5.74) is 2.36. The molecule has 2 heterocycles. The molecular weight excluding hydrogens is 648 g/mol. The summed E-state index contributed by atoms with van der Waals surface area (Å²) in [7, 11) is 0. The van der Waals surface area contributed by atoms with E-state index in [1.165, 1.54) is 13.0 Å². The van der Waals surface area contributed by atoms with Crippen LogP contribution in [-0.2, 0) is 42.6 Å². The maximum absolute atomic E-state index is 13.8. The van der Waals surface area contributed by atoms with Crippen molar-refractivity contribution >= 4 is 47.5 Å². The van der Waals surface area contributed by atoms with Gasteiger partial charge in [0.25, 0.3) is 0 Å². The molecule has 2 aliphatic rings. The van der Waals surface area contributed by atoms with Crippen LogP contribution >= 0.6 is 0 Å². The van der Waals surface area contributed by atoms with E-state index in [1.54, 1.807) is 13.0 Å². The number of esters is 1. The van der Waals surface area contributed by atoms with Crippen LogP contribution in [-0.4, -0.2) is 46.8 Å². The van der Waals surface area contributed by atoms with Gasteiger partial charge in [-0.3, -0.25) is 9.59 Å². The Morgan fingerprint density at radius 1 is 1.00 bits per heavy atom. The van der Waals surface area contributed by atoms with Gasteiger partial charge in [-0.05, 0) is 116 Å². The summed E-state index contributed by atoms with van der Waals surface area (Å²) in [6, 6.07) is 3.30. The summed E-state index contributed by atoms with van der Waals surface area (Å²) in [6.07, 6.45) is 2.73. The number of anilines is 1. The summed E-state index contributed by atoms with van der Waals surface area (Å²) in [5, 5.41) is 26.2. The number of rotatable bonds is 8. The van der Waals surface area contributed by atoms with Gasteiger partial charge in [0, 0.05) is 17.1 Å². The molecule has 2 aromatic rings. The molecule has 2 amide bonds. The van der Waals surface area contributed by atoms with Gasteiger partial charge in [-0.1, -0.05) is 26.6 Å². The Kier molecular flexibility index (Phi) is 11.8. The second-order valence-corrected chi connectivity index (χ2v) is 12.4. The van der Waals surface area contributed by atoms with E-state index in [-0.39, 0.29) is 69.0 Å². The smallest absolute Gasteiger partial charge is 0.342 e. The number of amides is 2. The molecule has 1 aliphatic carbocycles. The van der Waals surface area contributed by atoms with Crippen LogP contribution in [0.25, 0.3) is 6.08 Å². The monoisotopic (exact) mass is 686 g/mol. The number of aliphatic imine (C=N–C) groups is 1. The number of carboxylic acids is 2. The number of allylic oxidation sites excluding steroid dienone is 1. The first-order chi connectivity index (χ1) is 21.5. The van der Waals surface area contributed by atoms with E-state index in [0.29, 0.717) is 28.7 Å². The Bertz CT molecular complexity index is 1680. The van der Waals surface area contributed by atoms with Gasteiger partial charge in [0.15, 0.2) is 0 Å². The Balaban J connectivity index is 0.00000600. The van der Waals surface area contributed by atoms with Gasteiger partial charge < -0.3 is 35.4 Å². The molecule has 0 saturated heterocycles. The number of carboxylic acid groups (broad SMARTS) is 2. The van der Waals surface area contributed by atoms with E-state index in [4.69, 9.17) is 4.74 Å². The molecule has 47 heavy (non-hydrogen) atoms. The second kappa shape index (κ2) is 15.0. The van der Waals surface area contributed by atoms with E-state index in [0.717, 1.165) is 36.1 Å². The quantitative estimate of drug-likeness (QED) is 0.277. The van der Waals surface area contributed by atoms with Gasteiger partial charge >= 0.3 is 11.9 Å². The average Bonchev–Trinajstić information content (AvgIpc) is 3.39. The fraction of sp³-hybridized carbons (Fsp3) is 0.412. The van der Waals surface area contributed by atoms with E-state index >= 15 is 0 Å². The van der Waals surface area contributed by atoms with Gasteiger partial charge in [0.05, 0.1) is 23.7 Å². The minimum Gasteiger partial charge on any atom is -0.545 e. The van der Waals surface area contributed by atoms with Crippen molar-refractivity contribution < 1.29 is 56.0 Å². The normalized spacial score (nSPS) is 21.5. The first-order valence-corrected chi connectivity index (χ1v) is 15.1. The number of hydrogen-bond acceptors (Lipinski definition) is 8. The summed E-state index contributed by atoms with van der Waals surface area (Å²) >= 11 is 0. The molecule has 0 radical (unpaired) electrons. The molecule has 1 saturated carbocycles. The Hall–Kier alpha value is -4.48. The second-order valence-electron chi connectivity index (χ2n) is 12.4. The van der Waals surface area contributed by atoms with Crippen molar-refractivity contribution in [1.29, 1.82) is 0 Å². The minimum atomic E-state index is -1.59. The van der Waals surface area contributed by atoms with Crippen molar-refractivity contribution in [2.45, 2.75) is 73.8 Å². The van der Waals surface area contributed by atoms with Crippen LogP contribution in [0.5, 0.6) is 0 Å². The van der Waals surface area contributed by atoms with Gasteiger partial charge in [-0.15, -0.1) is 0 Å². The maximum atomic E-state index is 13.8. The molecule has 1 aromatic carbocycles. The maximum Gasteiger partial charge on any atom is 0.342 e. The molecule has 0 spiro atoms. The van der Waals surface area contributed by atoms with Crippen LogP contribution in [0.2, 0.25) is 0 Å². The van der Waals surface area contributed by atoms with Gasteiger partial charge in [0.1, 0.15) is 23.4 Å². The molecule has 1 aliphatic heterocycles. The molecular formula is C34H38FeN4O8-2. The molecule has 1 fully saturated rings. The first kappa shape index (κ1) is 37.0. The zero-order chi connectivity index (χ0) is 34.0. The average molecular weight is 687 g/mol. The Morgan fingerprint density at radius 2 is 1.62 bits per heavy atom. The van der Waals surface area contributed by atoms with E-state index in [1.807, 2.05) is 27.7 Å². The fourth-order valence-electron chi connectivity index (χ4n) is 6.27. The number of carbonyl (C=O) groups excluding carboxylic acids is 4. The minimum absolute atomic E-state index is 0. The molecule has 0 bridgehead atoms. The topological polar surface area (TPSA) is 188 Å². The standard InChI is InChI=1S/C34H40N4O8.Fe/c1-15-8-16(2)29(17(3)9-15)46-34(45)28-20(6)26(14-25-18(4)19(5)30(36-25)35-21(7)39)37-31(28)38-27(40)12-22-10-23(32(41)42)13-24(11-22)33(43)44;/h10-11,13-17,29H,8-9,12H2,1-7H3,(H5,35,36,37,38,39,40,41,42,43,44,45);/p-2. The number of amidine groups is 1. The van der Waals surface area contributed by atoms with Crippen molar-refractivity contribution in [3.8, 4) is 0 Å². The number of benzene rings is 1. The largest absolute Gasteiger partial charge is 0.545 e. The molecule has 13 heteroatoms. The Labute approximate surface area is 283 Å². The zero-order valence-corrected chi connectivity index (χ0v) is 28.4. The molecule has 12 nitrogen and oxygen atoms in total. The third-order valence-corrected chi connectivity index (χ3v) is 8.55. The predicted molar refractivity (Wildman–Crippen MR) is 168 cm³/mol.